The number of nitrogens with zero attached hydrogens (tertiary/aromatic N) is 1. The minimum atomic E-state index is -0.315. The summed E-state index contributed by atoms with van der Waals surface area (Å²) >= 11 is 4.33. The van der Waals surface area contributed by atoms with Gasteiger partial charge in [-0.15, -0.1) is 0 Å². The van der Waals surface area contributed by atoms with Gasteiger partial charge in [0.15, 0.2) is 0 Å². The van der Waals surface area contributed by atoms with Gasteiger partial charge in [-0.1, -0.05) is 13.3 Å². The number of thiol groups is 1. The highest BCUT2D eigenvalue weighted by Crippen LogP contribution is 2.24. The lowest BCUT2D eigenvalue weighted by Crippen LogP contribution is -2.24. The Morgan fingerprint density at radius 3 is 2.65 bits per heavy atom. The Kier molecular flexibility index (Phi) is 5.06. The predicted molar refractivity (Wildman–Crippen MR) is 81.4 cm³/mol. The van der Waals surface area contributed by atoms with E-state index in [1.807, 2.05) is 6.92 Å². The molecule has 0 saturated carbocycles. The zero-order valence-electron chi connectivity index (χ0n) is 11.5. The standard InChI is InChI=1S/C15H19NO3S/c1-2-3-8-19-15(18)11-4-6-12(7-5-11)16-10-13(20)9-14(16)17/h4-7,13,20H,2-3,8-10H2,1H3. The lowest BCUT2D eigenvalue weighted by atomic mass is 10.2. The summed E-state index contributed by atoms with van der Waals surface area (Å²) in [7, 11) is 0. The number of carbonyl (C=O) groups excluding carboxylic acids is 2. The molecule has 0 radical (unpaired) electrons. The molecule has 20 heavy (non-hydrogen) atoms. The van der Waals surface area contributed by atoms with Crippen LogP contribution in [0.3, 0.4) is 0 Å². The third-order valence-electron chi connectivity index (χ3n) is 3.25. The van der Waals surface area contributed by atoms with Crippen LogP contribution < -0.4 is 4.90 Å². The molecule has 1 fully saturated rings. The first-order valence-electron chi connectivity index (χ1n) is 6.87. The first-order valence-corrected chi connectivity index (χ1v) is 7.39. The fourth-order valence-corrected chi connectivity index (χ4v) is 2.43. The Labute approximate surface area is 124 Å². The van der Waals surface area contributed by atoms with Crippen molar-refractivity contribution in [2.45, 2.75) is 31.4 Å². The quantitative estimate of drug-likeness (QED) is 0.516. The molecule has 0 aromatic heterocycles. The average Bonchev–Trinajstić information content (AvgIpc) is 2.78. The van der Waals surface area contributed by atoms with Crippen LogP contribution in [0.15, 0.2) is 24.3 Å². The van der Waals surface area contributed by atoms with E-state index in [9.17, 15) is 9.59 Å². The van der Waals surface area contributed by atoms with Crippen LogP contribution in [-0.2, 0) is 9.53 Å². The van der Waals surface area contributed by atoms with E-state index in [0.29, 0.717) is 25.1 Å². The summed E-state index contributed by atoms with van der Waals surface area (Å²) in [5.74, 6) is -0.243. The molecule has 1 saturated heterocycles. The molecule has 1 aliphatic heterocycles. The molecular weight excluding hydrogens is 274 g/mol. The molecule has 2 rings (SSSR count). The Hall–Kier alpha value is -1.49. The van der Waals surface area contributed by atoms with Gasteiger partial charge in [0, 0.05) is 23.9 Å². The van der Waals surface area contributed by atoms with Gasteiger partial charge < -0.3 is 9.64 Å². The predicted octanol–water partition coefficient (Wildman–Crippen LogP) is 2.68. The van der Waals surface area contributed by atoms with Gasteiger partial charge in [0.1, 0.15) is 0 Å². The Morgan fingerprint density at radius 2 is 2.10 bits per heavy atom. The SMILES string of the molecule is CCCCOC(=O)c1ccc(N2CC(S)CC2=O)cc1. The highest BCUT2D eigenvalue weighted by Gasteiger charge is 2.28. The zero-order valence-corrected chi connectivity index (χ0v) is 12.4. The molecule has 0 aliphatic carbocycles. The monoisotopic (exact) mass is 293 g/mol. The van der Waals surface area contributed by atoms with Gasteiger partial charge >= 0.3 is 5.97 Å². The summed E-state index contributed by atoms with van der Waals surface area (Å²) in [6.45, 7) is 3.11. The number of ether oxygens (including phenoxy) is 1. The Morgan fingerprint density at radius 1 is 1.40 bits per heavy atom. The number of unbranched alkanes of at least 4 members (excludes halogenated alkanes) is 1. The van der Waals surface area contributed by atoms with E-state index in [2.05, 4.69) is 12.6 Å². The van der Waals surface area contributed by atoms with E-state index in [1.54, 1.807) is 29.2 Å². The van der Waals surface area contributed by atoms with Crippen molar-refractivity contribution in [3.63, 3.8) is 0 Å². The number of anilines is 1. The second-order valence-corrected chi connectivity index (χ2v) is 5.63. The number of rotatable bonds is 5. The van der Waals surface area contributed by atoms with Crippen molar-refractivity contribution >= 4 is 30.2 Å². The number of amides is 1. The largest absolute Gasteiger partial charge is 0.462 e. The van der Waals surface area contributed by atoms with Crippen LogP contribution in [0, 0.1) is 0 Å². The maximum absolute atomic E-state index is 11.8. The van der Waals surface area contributed by atoms with Crippen molar-refractivity contribution in [1.29, 1.82) is 0 Å². The average molecular weight is 293 g/mol. The highest BCUT2D eigenvalue weighted by molar-refractivity contribution is 7.81. The number of hydrogen-bond donors (Lipinski definition) is 1. The Balaban J connectivity index is 1.99. The van der Waals surface area contributed by atoms with Gasteiger partial charge in [0.2, 0.25) is 5.91 Å². The lowest BCUT2D eigenvalue weighted by Gasteiger charge is -2.16. The van der Waals surface area contributed by atoms with E-state index in [0.717, 1.165) is 18.5 Å². The van der Waals surface area contributed by atoms with E-state index in [1.165, 1.54) is 0 Å². The van der Waals surface area contributed by atoms with Crippen LogP contribution in [0.5, 0.6) is 0 Å². The number of carbonyl (C=O) groups is 2. The van der Waals surface area contributed by atoms with Crippen LogP contribution in [0.4, 0.5) is 5.69 Å². The van der Waals surface area contributed by atoms with Crippen LogP contribution >= 0.6 is 12.6 Å². The van der Waals surface area contributed by atoms with Crippen molar-refractivity contribution in [2.24, 2.45) is 0 Å². The van der Waals surface area contributed by atoms with Gasteiger partial charge in [-0.05, 0) is 30.7 Å². The molecular formula is C15H19NO3S. The van der Waals surface area contributed by atoms with Crippen LogP contribution in [0.1, 0.15) is 36.5 Å². The summed E-state index contributed by atoms with van der Waals surface area (Å²) in [5, 5.41) is 0.0844. The summed E-state index contributed by atoms with van der Waals surface area (Å²) in [5.41, 5.74) is 1.32. The van der Waals surface area contributed by atoms with E-state index < -0.39 is 0 Å². The second-order valence-electron chi connectivity index (χ2n) is 4.90. The fraction of sp³-hybridized carbons (Fsp3) is 0.467. The van der Waals surface area contributed by atoms with E-state index in [-0.39, 0.29) is 17.1 Å². The minimum Gasteiger partial charge on any atom is -0.462 e. The number of hydrogen-bond acceptors (Lipinski definition) is 4. The molecule has 1 aromatic rings. The van der Waals surface area contributed by atoms with Crippen molar-refractivity contribution in [2.75, 3.05) is 18.1 Å². The van der Waals surface area contributed by atoms with Crippen molar-refractivity contribution in [3.05, 3.63) is 29.8 Å². The van der Waals surface area contributed by atoms with Crippen molar-refractivity contribution in [3.8, 4) is 0 Å². The summed E-state index contributed by atoms with van der Waals surface area (Å²) in [4.78, 5) is 25.2. The smallest absolute Gasteiger partial charge is 0.338 e. The van der Waals surface area contributed by atoms with Gasteiger partial charge in [-0.2, -0.15) is 12.6 Å². The molecule has 1 aromatic carbocycles. The van der Waals surface area contributed by atoms with Crippen molar-refractivity contribution in [1.82, 2.24) is 0 Å². The highest BCUT2D eigenvalue weighted by atomic mass is 32.1. The molecule has 5 heteroatoms. The summed E-state index contributed by atoms with van der Waals surface area (Å²) in [6.07, 6.45) is 2.33. The fourth-order valence-electron chi connectivity index (χ4n) is 2.11. The van der Waals surface area contributed by atoms with Gasteiger partial charge in [0.05, 0.1) is 12.2 Å². The molecule has 1 unspecified atom stereocenters. The maximum atomic E-state index is 11.8. The van der Waals surface area contributed by atoms with Gasteiger partial charge in [-0.3, -0.25) is 4.79 Å². The number of esters is 1. The van der Waals surface area contributed by atoms with Crippen LogP contribution in [0.25, 0.3) is 0 Å². The molecule has 0 N–H and O–H groups in total. The molecule has 1 aliphatic rings. The minimum absolute atomic E-state index is 0.0725. The molecule has 1 amide bonds. The van der Waals surface area contributed by atoms with Crippen LogP contribution in [0.2, 0.25) is 0 Å². The molecule has 4 nitrogen and oxygen atoms in total. The van der Waals surface area contributed by atoms with Gasteiger partial charge in [0.25, 0.3) is 0 Å². The first kappa shape index (κ1) is 14.9. The van der Waals surface area contributed by atoms with E-state index in [4.69, 9.17) is 4.74 Å². The second kappa shape index (κ2) is 6.79. The molecule has 1 atom stereocenters. The molecule has 0 bridgehead atoms. The maximum Gasteiger partial charge on any atom is 0.338 e. The van der Waals surface area contributed by atoms with Crippen molar-refractivity contribution < 1.29 is 14.3 Å². The number of benzene rings is 1. The third kappa shape index (κ3) is 3.54. The topological polar surface area (TPSA) is 46.6 Å². The molecule has 108 valence electrons. The summed E-state index contributed by atoms with van der Waals surface area (Å²) in [6, 6.07) is 6.95. The van der Waals surface area contributed by atoms with Gasteiger partial charge in [-0.25, -0.2) is 4.79 Å². The normalized spacial score (nSPS) is 18.4. The third-order valence-corrected chi connectivity index (χ3v) is 3.60. The molecule has 1 heterocycles. The summed E-state index contributed by atoms with van der Waals surface area (Å²) < 4.78 is 5.14. The zero-order chi connectivity index (χ0) is 14.5. The first-order chi connectivity index (χ1) is 9.61. The lowest BCUT2D eigenvalue weighted by molar-refractivity contribution is -0.117. The Bertz CT molecular complexity index is 486. The molecule has 0 spiro atoms. The van der Waals surface area contributed by atoms with Crippen LogP contribution in [-0.4, -0.2) is 30.3 Å². The van der Waals surface area contributed by atoms with E-state index >= 15 is 0 Å².